The van der Waals surface area contributed by atoms with Gasteiger partial charge in [-0.3, -0.25) is 19.5 Å². The Kier molecular flexibility index (Phi) is 16.2. The van der Waals surface area contributed by atoms with Crippen LogP contribution < -0.4 is 25.2 Å². The van der Waals surface area contributed by atoms with Crippen molar-refractivity contribution in [3.8, 4) is 33.5 Å². The largest absolute Gasteiger partial charge is 0.508 e. The number of pyridine rings is 1. The van der Waals surface area contributed by atoms with E-state index in [9.17, 15) is 19.8 Å². The van der Waals surface area contributed by atoms with E-state index in [4.69, 9.17) is 24.2 Å². The molecule has 5 aliphatic heterocycles. The predicted octanol–water partition coefficient (Wildman–Crippen LogP) is 9.59. The smallest absolute Gasteiger partial charge is 0.319 e. The Labute approximate surface area is 482 Å². The van der Waals surface area contributed by atoms with Gasteiger partial charge in [-0.05, 0) is 136 Å². The van der Waals surface area contributed by atoms with E-state index in [2.05, 4.69) is 42.4 Å². The Bertz CT molecular complexity index is 3420. The molecule has 4 N–H and O–H groups in total. The van der Waals surface area contributed by atoms with Gasteiger partial charge < -0.3 is 44.8 Å². The van der Waals surface area contributed by atoms with E-state index in [1.54, 1.807) is 29.7 Å². The number of thiazole rings is 1. The summed E-state index contributed by atoms with van der Waals surface area (Å²) in [5.74, 6) is 1.22. The summed E-state index contributed by atoms with van der Waals surface area (Å²) < 4.78 is 29.5. The van der Waals surface area contributed by atoms with Gasteiger partial charge >= 0.3 is 6.01 Å². The molecule has 5 fully saturated rings. The predicted molar refractivity (Wildman–Crippen MR) is 317 cm³/mol. The number of anilines is 2. The molecule has 9 heterocycles. The molecule has 0 aliphatic carbocycles. The first-order chi connectivity index (χ1) is 39.7. The van der Waals surface area contributed by atoms with Gasteiger partial charge in [0, 0.05) is 75.6 Å². The number of amides is 2. The number of aliphatic hydroxyl groups is 1. The molecule has 12 rings (SSSR count). The molecule has 2 amide bonds. The zero-order chi connectivity index (χ0) is 56.8. The molecular formula is C63H76FN11O6S. The number of nitrogens with one attached hydrogen (secondary N) is 2. The number of halogens is 1. The van der Waals surface area contributed by atoms with Crippen LogP contribution in [0.3, 0.4) is 0 Å². The van der Waals surface area contributed by atoms with Crippen molar-refractivity contribution in [2.24, 2.45) is 17.8 Å². The molecule has 2 bridgehead atoms. The van der Waals surface area contributed by atoms with E-state index < -0.39 is 23.9 Å². The third-order valence-electron chi connectivity index (χ3n) is 18.2. The van der Waals surface area contributed by atoms with Gasteiger partial charge in [-0.15, -0.1) is 11.3 Å². The number of hydrogen-bond donors (Lipinski definition) is 4. The normalized spacial score (nSPS) is 21.7. The maximum absolute atomic E-state index is 17.1. The lowest BCUT2D eigenvalue weighted by Gasteiger charge is -2.36. The lowest BCUT2D eigenvalue weighted by molar-refractivity contribution is -0.141. The number of β-amino-alcohol motifs (C(OH)–C–C–N with tert-alkyl or cyclic N) is 1. The monoisotopic (exact) mass is 1130 g/mol. The minimum atomic E-state index is -0.813. The number of fused-ring (bicyclic) bond motifs is 4. The Morgan fingerprint density at radius 2 is 1.66 bits per heavy atom. The summed E-state index contributed by atoms with van der Waals surface area (Å²) in [6, 6.07) is 18.9. The van der Waals surface area contributed by atoms with Gasteiger partial charge in [-0.25, -0.2) is 9.37 Å². The van der Waals surface area contributed by atoms with Crippen LogP contribution in [0, 0.1) is 30.5 Å². The molecule has 17 nitrogen and oxygen atoms in total. The Hall–Kier alpha value is -6.80. The second-order valence-corrected chi connectivity index (χ2v) is 24.9. The number of carbonyl (C=O) groups is 2. The molecule has 0 radical (unpaired) electrons. The number of hydrogen-bond acceptors (Lipinski definition) is 16. The average molecular weight is 1130 g/mol. The molecule has 432 valence electrons. The number of piperazine rings is 1. The zero-order valence-electron chi connectivity index (χ0n) is 47.7. The maximum Gasteiger partial charge on any atom is 0.319 e. The first kappa shape index (κ1) is 55.7. The van der Waals surface area contributed by atoms with Crippen molar-refractivity contribution < 1.29 is 33.5 Å². The van der Waals surface area contributed by atoms with E-state index in [0.29, 0.717) is 59.6 Å². The number of phenolic OH excluding ortho intramolecular Hbond substituents is 1. The maximum atomic E-state index is 17.1. The molecule has 0 saturated carbocycles. The third kappa shape index (κ3) is 11.5. The van der Waals surface area contributed by atoms with Crippen molar-refractivity contribution in [2.75, 3.05) is 68.8 Å². The molecule has 7 aromatic rings. The van der Waals surface area contributed by atoms with Crippen LogP contribution in [0.2, 0.25) is 0 Å². The molecule has 4 aromatic heterocycles. The molecule has 19 heteroatoms. The molecule has 5 aliphatic rings. The average Bonchev–Trinajstić information content (AvgIpc) is 3.28. The first-order valence-electron chi connectivity index (χ1n) is 29.7. The van der Waals surface area contributed by atoms with E-state index in [1.807, 2.05) is 81.7 Å². The van der Waals surface area contributed by atoms with Crippen LogP contribution in [0.25, 0.3) is 43.4 Å². The molecule has 2 unspecified atom stereocenters. The fraction of sp³-hybridized carbons (Fsp3) is 0.508. The Morgan fingerprint density at radius 3 is 2.37 bits per heavy atom. The Morgan fingerprint density at radius 1 is 0.915 bits per heavy atom. The highest BCUT2D eigenvalue weighted by Gasteiger charge is 2.44. The number of aromatic hydroxyl groups is 1. The SMILES string of the molecule is CCc1cccc2cc(O)cc(-c3ncc4c(N5CC6CCC(C5)N6)nc(OCCN5CCC(CC6CCN(c7cc([C@@H](C(=O)N8C[C@H](O)C[C@H]8C(=O)N[C@@H](C)c8ccc(-c9scnc9C)cc8)C(C)C)on7)CC6)CC5)nc4c3F)c12. The minimum absolute atomic E-state index is 0.0471. The van der Waals surface area contributed by atoms with Crippen LogP contribution in [0.5, 0.6) is 11.8 Å². The van der Waals surface area contributed by atoms with Crippen molar-refractivity contribution in [3.63, 3.8) is 0 Å². The lowest BCUT2D eigenvalue weighted by atomic mass is 9.83. The number of piperidine rings is 2. The van der Waals surface area contributed by atoms with Gasteiger partial charge in [0.05, 0.1) is 33.6 Å². The number of likely N-dealkylation sites (tertiary alicyclic amines) is 2. The van der Waals surface area contributed by atoms with Gasteiger partial charge in [-0.1, -0.05) is 68.4 Å². The second-order valence-electron chi connectivity index (χ2n) is 24.0. The number of nitrogens with zero attached hydrogens (tertiary/aromatic N) is 9. The van der Waals surface area contributed by atoms with Crippen LogP contribution in [-0.2, 0) is 16.0 Å². The highest BCUT2D eigenvalue weighted by molar-refractivity contribution is 7.13. The highest BCUT2D eigenvalue weighted by atomic mass is 32.1. The van der Waals surface area contributed by atoms with E-state index in [0.717, 1.165) is 128 Å². The van der Waals surface area contributed by atoms with Gasteiger partial charge in [0.1, 0.15) is 41.3 Å². The first-order valence-corrected chi connectivity index (χ1v) is 30.6. The van der Waals surface area contributed by atoms with Gasteiger partial charge in [0.25, 0.3) is 0 Å². The van der Waals surface area contributed by atoms with Gasteiger partial charge in [0.2, 0.25) is 11.8 Å². The molecule has 82 heavy (non-hydrogen) atoms. The topological polar surface area (TPSA) is 198 Å². The number of aryl methyl sites for hydroxylation is 2. The number of aliphatic hydroxyl groups excluding tert-OH is 1. The van der Waals surface area contributed by atoms with Crippen LogP contribution in [0.4, 0.5) is 16.0 Å². The molecular weight excluding hydrogens is 1060 g/mol. The van der Waals surface area contributed by atoms with Gasteiger partial charge in [-0.2, -0.15) is 9.97 Å². The van der Waals surface area contributed by atoms with Crippen molar-refractivity contribution in [2.45, 2.75) is 129 Å². The minimum Gasteiger partial charge on any atom is -0.508 e. The number of ether oxygens (including phenoxy) is 1. The quantitative estimate of drug-likeness (QED) is 0.0672. The fourth-order valence-corrected chi connectivity index (χ4v) is 14.5. The molecule has 3 aromatic carbocycles. The lowest BCUT2D eigenvalue weighted by Crippen LogP contribution is -2.51. The summed E-state index contributed by atoms with van der Waals surface area (Å²) in [5.41, 5.74) is 6.71. The molecule has 5 saturated heterocycles. The summed E-state index contributed by atoms with van der Waals surface area (Å²) in [4.78, 5) is 56.7. The van der Waals surface area contributed by atoms with Crippen molar-refractivity contribution in [1.29, 1.82) is 0 Å². The zero-order valence-corrected chi connectivity index (χ0v) is 48.5. The summed E-state index contributed by atoms with van der Waals surface area (Å²) >= 11 is 1.60. The number of rotatable bonds is 17. The number of aromatic nitrogens is 5. The summed E-state index contributed by atoms with van der Waals surface area (Å²) in [6.07, 6.45) is 9.46. The summed E-state index contributed by atoms with van der Waals surface area (Å²) in [7, 11) is 0. The van der Waals surface area contributed by atoms with Crippen LogP contribution in [-0.4, -0.2) is 140 Å². The van der Waals surface area contributed by atoms with Gasteiger partial charge in [0.15, 0.2) is 17.4 Å². The van der Waals surface area contributed by atoms with E-state index in [-0.39, 0.29) is 59.7 Å². The third-order valence-corrected chi connectivity index (χ3v) is 19.2. The molecule has 0 spiro atoms. The summed E-state index contributed by atoms with van der Waals surface area (Å²) in [6.45, 7) is 16.3. The van der Waals surface area contributed by atoms with Crippen molar-refractivity contribution in [3.05, 3.63) is 101 Å². The van der Waals surface area contributed by atoms with Crippen LogP contribution in [0.15, 0.2) is 76.9 Å². The Balaban J connectivity index is 0.634. The van der Waals surface area contributed by atoms with Crippen molar-refractivity contribution >= 4 is 56.5 Å². The second kappa shape index (κ2) is 23.8. The van der Waals surface area contributed by atoms with Crippen LogP contribution in [0.1, 0.15) is 114 Å². The van der Waals surface area contributed by atoms with E-state index in [1.165, 1.54) is 11.3 Å². The van der Waals surface area contributed by atoms with Crippen molar-refractivity contribution in [1.82, 2.24) is 45.5 Å². The number of benzene rings is 3. The highest BCUT2D eigenvalue weighted by Crippen LogP contribution is 2.41. The fourth-order valence-electron chi connectivity index (χ4n) is 13.7. The van der Waals surface area contributed by atoms with E-state index >= 15 is 4.39 Å². The standard InChI is InChI=1S/C63H76FN11O6S/c1-6-41-8-7-9-44-27-47(76)28-49(55(41)44)57-56(64)58-50(31-65-57)60(74-32-45-14-15-46(33-74)68-45)70-63(69-58)80-25-24-72-20-16-39(17-21-72)26-40-18-22-73(23-19-40)53-30-52(81-71-53)54(36(2)3)62(79)75-34-48(77)29-51(75)61(78)67-37(4)42-10-12-43(13-11-42)59-38(5)66-35-82-59/h7-13,27-28,30-31,35-37,39-40,45-46,48,51,54,68,76-77H,6,14-26,29,32-34H2,1-5H3,(H,67,78)/t37-,45?,46?,48+,51-,54-/m0/s1. The molecule has 6 atom stereocenters. The number of phenols is 1. The number of carbonyl (C=O) groups excluding carboxylic acids is 2. The van der Waals surface area contributed by atoms with Crippen LogP contribution >= 0.6 is 11.3 Å². The summed E-state index contributed by atoms with van der Waals surface area (Å²) in [5, 5.41) is 35.1.